The summed E-state index contributed by atoms with van der Waals surface area (Å²) < 4.78 is 5.02. The Morgan fingerprint density at radius 1 is 1.09 bits per heavy atom. The smallest absolute Gasteiger partial charge is 0.337 e. The number of carbonyl (C=O) groups is 2. The number of carboxylic acids is 1. The Balaban J connectivity index is 2.11. The van der Waals surface area contributed by atoms with Gasteiger partial charge in [-0.2, -0.15) is 0 Å². The maximum atomic E-state index is 11.9. The van der Waals surface area contributed by atoms with Gasteiger partial charge in [-0.3, -0.25) is 0 Å². The standard InChI is InChI=1S/C15H13ClN2O4/c1-22-11-5-3-10(4-6-11)17-15(21)18-13-8-9(16)2-7-12(13)14(19)20/h2-8H,1H3,(H,19,20)(H2,17,18,21). The lowest BCUT2D eigenvalue weighted by molar-refractivity contribution is 0.0698. The Morgan fingerprint density at radius 3 is 2.36 bits per heavy atom. The predicted octanol–water partition coefficient (Wildman–Crippen LogP) is 3.69. The number of carboxylic acid groups (broad SMARTS) is 1. The molecule has 0 saturated heterocycles. The molecule has 114 valence electrons. The van der Waals surface area contributed by atoms with Crippen molar-refractivity contribution < 1.29 is 19.4 Å². The minimum atomic E-state index is -1.16. The van der Waals surface area contributed by atoms with Crippen LogP contribution in [0.15, 0.2) is 42.5 Å². The molecule has 0 fully saturated rings. The molecule has 2 rings (SSSR count). The number of hydrogen-bond donors (Lipinski definition) is 3. The number of carbonyl (C=O) groups excluding carboxylic acids is 1. The van der Waals surface area contributed by atoms with Gasteiger partial charge in [0.05, 0.1) is 18.4 Å². The summed E-state index contributed by atoms with van der Waals surface area (Å²) in [7, 11) is 1.54. The van der Waals surface area contributed by atoms with Crippen LogP contribution in [0.5, 0.6) is 5.75 Å². The summed E-state index contributed by atoms with van der Waals surface area (Å²) in [5.74, 6) is -0.495. The molecule has 0 atom stereocenters. The number of rotatable bonds is 4. The fraction of sp³-hybridized carbons (Fsp3) is 0.0667. The number of ether oxygens (including phenoxy) is 1. The lowest BCUT2D eigenvalue weighted by Gasteiger charge is -2.10. The molecule has 0 aromatic heterocycles. The summed E-state index contributed by atoms with van der Waals surface area (Å²) in [4.78, 5) is 23.0. The summed E-state index contributed by atoms with van der Waals surface area (Å²) in [6.07, 6.45) is 0. The number of amides is 2. The number of anilines is 2. The molecule has 0 saturated carbocycles. The molecule has 0 heterocycles. The lowest BCUT2D eigenvalue weighted by atomic mass is 10.2. The van der Waals surface area contributed by atoms with Gasteiger partial charge in [0.1, 0.15) is 5.75 Å². The highest BCUT2D eigenvalue weighted by Crippen LogP contribution is 2.22. The van der Waals surface area contributed by atoms with Crippen LogP contribution in [-0.4, -0.2) is 24.2 Å². The van der Waals surface area contributed by atoms with Crippen molar-refractivity contribution in [3.63, 3.8) is 0 Å². The number of nitrogens with one attached hydrogen (secondary N) is 2. The zero-order valence-corrected chi connectivity index (χ0v) is 12.3. The van der Waals surface area contributed by atoms with Gasteiger partial charge in [0, 0.05) is 10.7 Å². The van der Waals surface area contributed by atoms with E-state index in [1.807, 2.05) is 0 Å². The van der Waals surface area contributed by atoms with Crippen molar-refractivity contribution in [2.24, 2.45) is 0 Å². The minimum Gasteiger partial charge on any atom is -0.497 e. The van der Waals surface area contributed by atoms with E-state index in [4.69, 9.17) is 21.4 Å². The Hall–Kier alpha value is -2.73. The van der Waals surface area contributed by atoms with Crippen LogP contribution < -0.4 is 15.4 Å². The van der Waals surface area contributed by atoms with Crippen LogP contribution in [0.1, 0.15) is 10.4 Å². The number of urea groups is 1. The van der Waals surface area contributed by atoms with Gasteiger partial charge in [-0.1, -0.05) is 11.6 Å². The van der Waals surface area contributed by atoms with E-state index in [1.165, 1.54) is 18.2 Å². The summed E-state index contributed by atoms with van der Waals surface area (Å²) in [6, 6.07) is 10.3. The fourth-order valence-electron chi connectivity index (χ4n) is 1.77. The normalized spacial score (nSPS) is 9.91. The molecule has 3 N–H and O–H groups in total. The molecule has 2 amide bonds. The zero-order chi connectivity index (χ0) is 16.1. The van der Waals surface area contributed by atoms with Gasteiger partial charge in [0.25, 0.3) is 0 Å². The molecule has 0 bridgehead atoms. The van der Waals surface area contributed by atoms with Crippen LogP contribution in [0, 0.1) is 0 Å². The first-order chi connectivity index (χ1) is 10.5. The third-order valence-corrected chi connectivity index (χ3v) is 3.04. The molecule has 0 aliphatic carbocycles. The number of benzene rings is 2. The van der Waals surface area contributed by atoms with Crippen molar-refractivity contribution >= 4 is 35.0 Å². The Kier molecular flexibility index (Phi) is 4.85. The predicted molar refractivity (Wildman–Crippen MR) is 84.0 cm³/mol. The first-order valence-corrected chi connectivity index (χ1v) is 6.62. The monoisotopic (exact) mass is 320 g/mol. The molecule has 6 nitrogen and oxygen atoms in total. The van der Waals surface area contributed by atoms with Crippen molar-refractivity contribution in [1.82, 2.24) is 0 Å². The van der Waals surface area contributed by atoms with Crippen molar-refractivity contribution in [3.05, 3.63) is 53.1 Å². The first-order valence-electron chi connectivity index (χ1n) is 6.24. The van der Waals surface area contributed by atoms with Crippen LogP contribution in [0.25, 0.3) is 0 Å². The van der Waals surface area contributed by atoms with E-state index in [2.05, 4.69) is 10.6 Å². The third kappa shape index (κ3) is 3.89. The molecular formula is C15H13ClN2O4. The molecule has 7 heteroatoms. The zero-order valence-electron chi connectivity index (χ0n) is 11.6. The van der Waals surface area contributed by atoms with Gasteiger partial charge in [-0.15, -0.1) is 0 Å². The number of aromatic carboxylic acids is 1. The molecule has 0 spiro atoms. The molecular weight excluding hydrogens is 308 g/mol. The largest absolute Gasteiger partial charge is 0.497 e. The third-order valence-electron chi connectivity index (χ3n) is 2.81. The lowest BCUT2D eigenvalue weighted by Crippen LogP contribution is -2.21. The average Bonchev–Trinajstić information content (AvgIpc) is 2.47. The van der Waals surface area contributed by atoms with E-state index < -0.39 is 12.0 Å². The highest BCUT2D eigenvalue weighted by Gasteiger charge is 2.13. The Labute approximate surface area is 131 Å². The van der Waals surface area contributed by atoms with E-state index >= 15 is 0 Å². The summed E-state index contributed by atoms with van der Waals surface area (Å²) in [6.45, 7) is 0. The summed E-state index contributed by atoms with van der Waals surface area (Å²) >= 11 is 5.82. The second kappa shape index (κ2) is 6.82. The van der Waals surface area contributed by atoms with Crippen LogP contribution in [0.2, 0.25) is 5.02 Å². The van der Waals surface area contributed by atoms with Crippen LogP contribution in [0.3, 0.4) is 0 Å². The fourth-order valence-corrected chi connectivity index (χ4v) is 1.94. The maximum absolute atomic E-state index is 11.9. The second-order valence-corrected chi connectivity index (χ2v) is 4.74. The van der Waals surface area contributed by atoms with Gasteiger partial charge in [-0.25, -0.2) is 9.59 Å². The maximum Gasteiger partial charge on any atom is 0.337 e. The van der Waals surface area contributed by atoms with E-state index in [0.717, 1.165) is 0 Å². The molecule has 0 radical (unpaired) electrons. The molecule has 0 unspecified atom stereocenters. The topological polar surface area (TPSA) is 87.7 Å². The van der Waals surface area contributed by atoms with E-state index in [-0.39, 0.29) is 11.3 Å². The van der Waals surface area contributed by atoms with Crippen molar-refractivity contribution in [1.29, 1.82) is 0 Å². The molecule has 22 heavy (non-hydrogen) atoms. The number of hydrogen-bond acceptors (Lipinski definition) is 3. The van der Waals surface area contributed by atoms with Gasteiger partial charge >= 0.3 is 12.0 Å². The molecule has 2 aromatic rings. The summed E-state index contributed by atoms with van der Waals surface area (Å²) in [5, 5.41) is 14.5. The van der Waals surface area contributed by atoms with Crippen molar-refractivity contribution in [2.75, 3.05) is 17.7 Å². The second-order valence-electron chi connectivity index (χ2n) is 4.30. The number of methoxy groups -OCH3 is 1. The van der Waals surface area contributed by atoms with Crippen LogP contribution in [-0.2, 0) is 0 Å². The van der Waals surface area contributed by atoms with Crippen molar-refractivity contribution in [2.45, 2.75) is 0 Å². The molecule has 2 aromatic carbocycles. The number of halogens is 1. The van der Waals surface area contributed by atoms with Gasteiger partial charge in [0.15, 0.2) is 0 Å². The SMILES string of the molecule is COc1ccc(NC(=O)Nc2cc(Cl)ccc2C(=O)O)cc1. The van der Waals surface area contributed by atoms with E-state index in [0.29, 0.717) is 16.5 Å². The average molecular weight is 321 g/mol. The summed E-state index contributed by atoms with van der Waals surface area (Å²) in [5.41, 5.74) is 0.609. The van der Waals surface area contributed by atoms with Gasteiger partial charge < -0.3 is 20.5 Å². The Morgan fingerprint density at radius 2 is 1.77 bits per heavy atom. The van der Waals surface area contributed by atoms with Crippen molar-refractivity contribution in [3.8, 4) is 5.75 Å². The first kappa shape index (κ1) is 15.7. The van der Waals surface area contributed by atoms with E-state index in [1.54, 1.807) is 31.4 Å². The highest BCUT2D eigenvalue weighted by molar-refractivity contribution is 6.31. The Bertz CT molecular complexity index is 701. The van der Waals surface area contributed by atoms with Crippen LogP contribution in [0.4, 0.5) is 16.2 Å². The quantitative estimate of drug-likeness (QED) is 0.801. The molecule has 0 aliphatic rings. The van der Waals surface area contributed by atoms with E-state index in [9.17, 15) is 9.59 Å². The highest BCUT2D eigenvalue weighted by atomic mass is 35.5. The molecule has 0 aliphatic heterocycles. The van der Waals surface area contributed by atoms with Gasteiger partial charge in [0.2, 0.25) is 0 Å². The van der Waals surface area contributed by atoms with Gasteiger partial charge in [-0.05, 0) is 42.5 Å². The minimum absolute atomic E-state index is 0.0470. The van der Waals surface area contributed by atoms with Crippen LogP contribution >= 0.6 is 11.6 Å².